The van der Waals surface area contributed by atoms with E-state index in [1.54, 1.807) is 6.21 Å². The lowest BCUT2D eigenvalue weighted by molar-refractivity contribution is 0.156. The van der Waals surface area contributed by atoms with Gasteiger partial charge in [0.15, 0.2) is 0 Å². The molecule has 1 saturated carbocycles. The molecule has 4 rings (SSSR count). The van der Waals surface area contributed by atoms with Crippen molar-refractivity contribution in [2.45, 2.75) is 63.2 Å². The molecule has 126 valence electrons. The topological polar surface area (TPSA) is 54.7 Å². The summed E-state index contributed by atoms with van der Waals surface area (Å²) in [4.78, 5) is 8.97. The largest absolute Gasteiger partial charge is 0.485 e. The number of rotatable bonds is 4. The number of hydrogen-bond acceptors (Lipinski definition) is 4. The third kappa shape index (κ3) is 3.03. The Bertz CT molecular complexity index is 687. The smallest absolute Gasteiger partial charge is 0.143 e. The van der Waals surface area contributed by atoms with Crippen molar-refractivity contribution in [3.05, 3.63) is 53.1 Å². The molecule has 3 aliphatic rings. The van der Waals surface area contributed by atoms with Crippen LogP contribution in [0.15, 0.2) is 46.8 Å². The van der Waals surface area contributed by atoms with Crippen molar-refractivity contribution in [2.24, 2.45) is 4.99 Å². The molecule has 4 heteroatoms. The van der Waals surface area contributed by atoms with Gasteiger partial charge in [-0.25, -0.2) is 0 Å². The van der Waals surface area contributed by atoms with Crippen LogP contribution in [0.3, 0.4) is 0 Å². The molecule has 0 bridgehead atoms. The molecular formula is C20H24N2O2. The zero-order valence-corrected chi connectivity index (χ0v) is 13.9. The minimum absolute atomic E-state index is 0.161. The van der Waals surface area contributed by atoms with Gasteiger partial charge in [-0.05, 0) is 36.8 Å². The first-order valence-electron chi connectivity index (χ1n) is 9.01. The molecule has 0 saturated heterocycles. The standard InChI is InChI=1S/C20H24N2O2/c23-18-10-4-8-16-19(12-22-20(16)18)24-13-17-15(9-5-11-21-17)14-6-2-1-3-7-14/h4-5,8-9,11-12,14,18,20,23H,1-3,6-7,10,13H2/t18-,20-/m0/s1. The minimum Gasteiger partial charge on any atom is -0.485 e. The van der Waals surface area contributed by atoms with Gasteiger partial charge in [0.25, 0.3) is 0 Å². The van der Waals surface area contributed by atoms with Crippen LogP contribution in [0.5, 0.6) is 0 Å². The summed E-state index contributed by atoms with van der Waals surface area (Å²) in [5, 5.41) is 10.0. The summed E-state index contributed by atoms with van der Waals surface area (Å²) in [5.74, 6) is 1.39. The van der Waals surface area contributed by atoms with E-state index in [2.05, 4.69) is 16.0 Å². The Morgan fingerprint density at radius 2 is 2.08 bits per heavy atom. The molecule has 1 aromatic heterocycles. The maximum atomic E-state index is 10.0. The number of allylic oxidation sites excluding steroid dienone is 1. The Morgan fingerprint density at radius 3 is 2.96 bits per heavy atom. The van der Waals surface area contributed by atoms with Crippen LogP contribution >= 0.6 is 0 Å². The molecule has 1 aliphatic heterocycles. The summed E-state index contributed by atoms with van der Waals surface area (Å²) < 4.78 is 6.04. The van der Waals surface area contributed by atoms with E-state index in [-0.39, 0.29) is 6.04 Å². The zero-order chi connectivity index (χ0) is 16.4. The van der Waals surface area contributed by atoms with Crippen molar-refractivity contribution in [2.75, 3.05) is 0 Å². The van der Waals surface area contributed by atoms with Gasteiger partial charge >= 0.3 is 0 Å². The number of aliphatic hydroxyl groups is 1. The molecule has 24 heavy (non-hydrogen) atoms. The SMILES string of the molecule is O[C@H]1CC=CC2=C(OCc3ncccc3C3CCCCC3)C=N[C@@H]21. The van der Waals surface area contributed by atoms with Crippen LogP contribution in [0.1, 0.15) is 55.7 Å². The van der Waals surface area contributed by atoms with Crippen LogP contribution in [0.4, 0.5) is 0 Å². The Morgan fingerprint density at radius 1 is 1.21 bits per heavy atom. The van der Waals surface area contributed by atoms with Gasteiger partial charge in [-0.15, -0.1) is 0 Å². The molecule has 2 atom stereocenters. The fraction of sp³-hybridized carbons (Fsp3) is 0.500. The Balaban J connectivity index is 1.51. The second-order valence-electron chi connectivity index (χ2n) is 6.91. The second-order valence-corrected chi connectivity index (χ2v) is 6.91. The molecule has 0 unspecified atom stereocenters. The molecular weight excluding hydrogens is 300 g/mol. The van der Waals surface area contributed by atoms with E-state index in [1.807, 2.05) is 24.4 Å². The number of ether oxygens (including phenoxy) is 1. The Kier molecular flexibility index (Phi) is 4.48. The van der Waals surface area contributed by atoms with Crippen LogP contribution in [0.2, 0.25) is 0 Å². The molecule has 0 aromatic carbocycles. The van der Waals surface area contributed by atoms with Crippen LogP contribution < -0.4 is 0 Å². The molecule has 1 N–H and O–H groups in total. The van der Waals surface area contributed by atoms with Gasteiger partial charge in [0.1, 0.15) is 18.4 Å². The predicted octanol–water partition coefficient (Wildman–Crippen LogP) is 3.67. The molecule has 4 nitrogen and oxygen atoms in total. The normalized spacial score (nSPS) is 26.7. The lowest BCUT2D eigenvalue weighted by Crippen LogP contribution is -2.26. The van der Waals surface area contributed by atoms with Crippen LogP contribution in [0, 0.1) is 0 Å². The van der Waals surface area contributed by atoms with Gasteiger partial charge < -0.3 is 9.84 Å². The molecule has 2 aliphatic carbocycles. The van der Waals surface area contributed by atoms with E-state index in [0.717, 1.165) is 17.0 Å². The van der Waals surface area contributed by atoms with Crippen molar-refractivity contribution in [3.63, 3.8) is 0 Å². The summed E-state index contributed by atoms with van der Waals surface area (Å²) >= 11 is 0. The van der Waals surface area contributed by atoms with Crippen LogP contribution in [-0.4, -0.2) is 28.5 Å². The predicted molar refractivity (Wildman–Crippen MR) is 93.9 cm³/mol. The molecule has 0 spiro atoms. The molecule has 1 aromatic rings. The number of aliphatic hydroxyl groups excluding tert-OH is 1. The third-order valence-electron chi connectivity index (χ3n) is 5.33. The summed E-state index contributed by atoms with van der Waals surface area (Å²) in [6.07, 6.45) is 14.3. The van der Waals surface area contributed by atoms with E-state index < -0.39 is 6.10 Å². The van der Waals surface area contributed by atoms with Crippen LogP contribution in [-0.2, 0) is 11.3 Å². The van der Waals surface area contributed by atoms with Gasteiger partial charge in [0.2, 0.25) is 0 Å². The zero-order valence-electron chi connectivity index (χ0n) is 13.9. The summed E-state index contributed by atoms with van der Waals surface area (Å²) in [6.45, 7) is 0.466. The highest BCUT2D eigenvalue weighted by molar-refractivity contribution is 5.82. The first-order chi connectivity index (χ1) is 11.8. The lowest BCUT2D eigenvalue weighted by atomic mass is 9.83. The first kappa shape index (κ1) is 15.6. The fourth-order valence-electron chi connectivity index (χ4n) is 4.02. The quantitative estimate of drug-likeness (QED) is 0.919. The van der Waals surface area contributed by atoms with Gasteiger partial charge in [-0.2, -0.15) is 0 Å². The fourth-order valence-corrected chi connectivity index (χ4v) is 4.02. The number of aromatic nitrogens is 1. The highest BCUT2D eigenvalue weighted by atomic mass is 16.5. The van der Waals surface area contributed by atoms with Crippen molar-refractivity contribution >= 4 is 6.21 Å². The number of pyridine rings is 1. The third-order valence-corrected chi connectivity index (χ3v) is 5.33. The maximum Gasteiger partial charge on any atom is 0.143 e. The van der Waals surface area contributed by atoms with E-state index in [9.17, 15) is 5.11 Å². The number of hydrogen-bond donors (Lipinski definition) is 1. The van der Waals surface area contributed by atoms with E-state index in [0.29, 0.717) is 18.9 Å². The Labute approximate surface area is 143 Å². The average molecular weight is 324 g/mol. The number of fused-ring (bicyclic) bond motifs is 1. The van der Waals surface area contributed by atoms with Crippen LogP contribution in [0.25, 0.3) is 0 Å². The maximum absolute atomic E-state index is 10.0. The molecule has 0 radical (unpaired) electrons. The molecule has 2 heterocycles. The molecule has 1 fully saturated rings. The average Bonchev–Trinajstić information content (AvgIpc) is 3.05. The molecule has 0 amide bonds. The van der Waals surface area contributed by atoms with Crippen molar-refractivity contribution in [1.82, 2.24) is 4.98 Å². The summed E-state index contributed by atoms with van der Waals surface area (Å²) in [7, 11) is 0. The van der Waals surface area contributed by atoms with Crippen molar-refractivity contribution < 1.29 is 9.84 Å². The minimum atomic E-state index is -0.435. The summed E-state index contributed by atoms with van der Waals surface area (Å²) in [6, 6.07) is 4.07. The van der Waals surface area contributed by atoms with E-state index >= 15 is 0 Å². The van der Waals surface area contributed by atoms with Gasteiger partial charge in [-0.1, -0.05) is 37.5 Å². The van der Waals surface area contributed by atoms with E-state index in [4.69, 9.17) is 4.74 Å². The van der Waals surface area contributed by atoms with Crippen molar-refractivity contribution in [1.29, 1.82) is 0 Å². The summed E-state index contributed by atoms with van der Waals surface area (Å²) in [5.41, 5.74) is 3.37. The van der Waals surface area contributed by atoms with Gasteiger partial charge in [0.05, 0.1) is 18.0 Å². The van der Waals surface area contributed by atoms with E-state index in [1.165, 1.54) is 37.7 Å². The second kappa shape index (κ2) is 6.89. The van der Waals surface area contributed by atoms with Gasteiger partial charge in [0, 0.05) is 11.8 Å². The van der Waals surface area contributed by atoms with Gasteiger partial charge in [-0.3, -0.25) is 9.98 Å². The highest BCUT2D eigenvalue weighted by Gasteiger charge is 2.30. The Hall–Kier alpha value is -1.94. The highest BCUT2D eigenvalue weighted by Crippen LogP contribution is 2.34. The number of nitrogens with zero attached hydrogens (tertiary/aromatic N) is 2. The lowest BCUT2D eigenvalue weighted by Gasteiger charge is -2.24. The first-order valence-corrected chi connectivity index (χ1v) is 9.01. The number of aliphatic imine (C=N–C) groups is 1. The van der Waals surface area contributed by atoms with Crippen molar-refractivity contribution in [3.8, 4) is 0 Å². The monoisotopic (exact) mass is 324 g/mol.